The molecular weight excluding hydrogens is 302 g/mol. The van der Waals surface area contributed by atoms with Crippen LogP contribution in [0.5, 0.6) is 0 Å². The Balaban J connectivity index is 1.89. The van der Waals surface area contributed by atoms with E-state index in [0.29, 0.717) is 5.92 Å². The molecule has 2 unspecified atom stereocenters. The summed E-state index contributed by atoms with van der Waals surface area (Å²) >= 11 is 3.54. The smallest absolute Gasteiger partial charge is 0.134 e. The van der Waals surface area contributed by atoms with Crippen LogP contribution in [0, 0.1) is 5.92 Å². The number of halogens is 1. The highest BCUT2D eigenvalue weighted by Crippen LogP contribution is 2.38. The van der Waals surface area contributed by atoms with Gasteiger partial charge < -0.3 is 4.90 Å². The maximum atomic E-state index is 4.79. The lowest BCUT2D eigenvalue weighted by atomic mass is 9.85. The van der Waals surface area contributed by atoms with Crippen molar-refractivity contribution >= 4 is 21.7 Å². The van der Waals surface area contributed by atoms with Crippen LogP contribution in [0.25, 0.3) is 0 Å². The summed E-state index contributed by atoms with van der Waals surface area (Å²) in [5.41, 5.74) is 0. The Morgan fingerprint density at radius 1 is 1.21 bits per heavy atom. The van der Waals surface area contributed by atoms with Crippen molar-refractivity contribution in [1.82, 2.24) is 9.97 Å². The summed E-state index contributed by atoms with van der Waals surface area (Å²) in [6, 6.07) is 2.80. The van der Waals surface area contributed by atoms with E-state index >= 15 is 0 Å². The third kappa shape index (κ3) is 2.64. The molecule has 19 heavy (non-hydrogen) atoms. The first kappa shape index (κ1) is 13.3. The van der Waals surface area contributed by atoms with Gasteiger partial charge in [0.15, 0.2) is 0 Å². The minimum absolute atomic E-state index is 0.376. The van der Waals surface area contributed by atoms with Crippen LogP contribution in [0.4, 0.5) is 5.82 Å². The SMILES string of the molecule is CC(C)c1nc(Br)cc(N2CCC3CCCCC32)n1. The molecule has 2 atom stereocenters. The summed E-state index contributed by atoms with van der Waals surface area (Å²) < 4.78 is 0.917. The van der Waals surface area contributed by atoms with Gasteiger partial charge in [0.05, 0.1) is 0 Å². The molecule has 1 saturated heterocycles. The van der Waals surface area contributed by atoms with E-state index in [1.54, 1.807) is 0 Å². The van der Waals surface area contributed by atoms with Gasteiger partial charge in [0.1, 0.15) is 16.2 Å². The van der Waals surface area contributed by atoms with Crippen molar-refractivity contribution in [1.29, 1.82) is 0 Å². The summed E-state index contributed by atoms with van der Waals surface area (Å²) in [6.07, 6.45) is 6.87. The lowest BCUT2D eigenvalue weighted by Gasteiger charge is -2.32. The number of anilines is 1. The first-order valence-electron chi connectivity index (χ1n) is 7.46. The molecule has 2 aliphatic rings. The van der Waals surface area contributed by atoms with Crippen molar-refractivity contribution in [3.63, 3.8) is 0 Å². The van der Waals surface area contributed by atoms with Crippen molar-refractivity contribution in [3.8, 4) is 0 Å². The summed E-state index contributed by atoms with van der Waals surface area (Å²) in [7, 11) is 0. The fourth-order valence-corrected chi connectivity index (χ4v) is 3.90. The Morgan fingerprint density at radius 2 is 2.00 bits per heavy atom. The second-order valence-electron chi connectivity index (χ2n) is 6.16. The molecule has 2 fully saturated rings. The molecule has 1 aromatic rings. The molecule has 1 saturated carbocycles. The molecule has 1 aromatic heterocycles. The highest BCUT2D eigenvalue weighted by Gasteiger charge is 2.36. The standard InChI is InChI=1S/C15H22BrN3/c1-10(2)15-17-13(16)9-14(18-15)19-8-7-11-5-3-4-6-12(11)19/h9-12H,3-8H2,1-2H3. The van der Waals surface area contributed by atoms with Gasteiger partial charge in [0.25, 0.3) is 0 Å². The largest absolute Gasteiger partial charge is 0.353 e. The van der Waals surface area contributed by atoms with Crippen LogP contribution >= 0.6 is 15.9 Å². The van der Waals surface area contributed by atoms with Gasteiger partial charge in [-0.3, -0.25) is 0 Å². The number of rotatable bonds is 2. The Labute approximate surface area is 124 Å². The van der Waals surface area contributed by atoms with Gasteiger partial charge in [-0.25, -0.2) is 9.97 Å². The molecule has 104 valence electrons. The normalized spacial score (nSPS) is 26.8. The van der Waals surface area contributed by atoms with Crippen molar-refractivity contribution in [3.05, 3.63) is 16.5 Å². The number of hydrogen-bond donors (Lipinski definition) is 0. The number of hydrogen-bond acceptors (Lipinski definition) is 3. The maximum absolute atomic E-state index is 4.79. The van der Waals surface area contributed by atoms with Gasteiger partial charge in [-0.05, 0) is 41.1 Å². The summed E-state index contributed by atoms with van der Waals surface area (Å²) in [5, 5.41) is 0. The average Bonchev–Trinajstić information content (AvgIpc) is 2.81. The van der Waals surface area contributed by atoms with Gasteiger partial charge >= 0.3 is 0 Å². The van der Waals surface area contributed by atoms with Crippen LogP contribution < -0.4 is 4.90 Å². The molecule has 3 rings (SSSR count). The Morgan fingerprint density at radius 3 is 2.79 bits per heavy atom. The molecule has 1 aliphatic heterocycles. The quantitative estimate of drug-likeness (QED) is 0.766. The van der Waals surface area contributed by atoms with Crippen LogP contribution in [-0.4, -0.2) is 22.6 Å². The Hall–Kier alpha value is -0.640. The molecule has 0 amide bonds. The first-order chi connectivity index (χ1) is 9.15. The van der Waals surface area contributed by atoms with Crippen molar-refractivity contribution in [2.24, 2.45) is 5.92 Å². The topological polar surface area (TPSA) is 29.0 Å². The minimum atomic E-state index is 0.376. The average molecular weight is 324 g/mol. The van der Waals surface area contributed by atoms with E-state index in [9.17, 15) is 0 Å². The molecule has 3 nitrogen and oxygen atoms in total. The fourth-order valence-electron chi connectivity index (χ4n) is 3.52. The van der Waals surface area contributed by atoms with Crippen molar-refractivity contribution in [2.45, 2.75) is 57.9 Å². The molecule has 0 spiro atoms. The molecule has 1 aliphatic carbocycles. The number of aromatic nitrogens is 2. The van der Waals surface area contributed by atoms with Crippen molar-refractivity contribution in [2.75, 3.05) is 11.4 Å². The van der Waals surface area contributed by atoms with Crippen molar-refractivity contribution < 1.29 is 0 Å². The fraction of sp³-hybridized carbons (Fsp3) is 0.733. The van der Waals surface area contributed by atoms with Crippen LogP contribution in [0.3, 0.4) is 0 Å². The van der Waals surface area contributed by atoms with E-state index in [4.69, 9.17) is 4.98 Å². The molecule has 0 aromatic carbocycles. The van der Waals surface area contributed by atoms with Gasteiger partial charge in [0.2, 0.25) is 0 Å². The lowest BCUT2D eigenvalue weighted by molar-refractivity contribution is 0.341. The monoisotopic (exact) mass is 323 g/mol. The molecule has 4 heteroatoms. The number of nitrogens with zero attached hydrogens (tertiary/aromatic N) is 3. The highest BCUT2D eigenvalue weighted by atomic mass is 79.9. The predicted octanol–water partition coefficient (Wildman–Crippen LogP) is 4.13. The van der Waals surface area contributed by atoms with Crippen LogP contribution in [0.2, 0.25) is 0 Å². The van der Waals surface area contributed by atoms with Gasteiger partial charge in [0, 0.05) is 24.6 Å². The summed E-state index contributed by atoms with van der Waals surface area (Å²) in [6.45, 7) is 5.47. The van der Waals surface area contributed by atoms with E-state index in [-0.39, 0.29) is 0 Å². The Kier molecular flexibility index (Phi) is 3.79. The van der Waals surface area contributed by atoms with E-state index < -0.39 is 0 Å². The second-order valence-corrected chi connectivity index (χ2v) is 6.97. The molecule has 0 N–H and O–H groups in total. The molecule has 2 heterocycles. The molecular formula is C15H22BrN3. The lowest BCUT2D eigenvalue weighted by Crippen LogP contribution is -2.35. The second kappa shape index (κ2) is 5.39. The van der Waals surface area contributed by atoms with E-state index in [2.05, 4.69) is 45.7 Å². The van der Waals surface area contributed by atoms with E-state index in [0.717, 1.165) is 34.7 Å². The zero-order valence-corrected chi connectivity index (χ0v) is 13.4. The van der Waals surface area contributed by atoms with Gasteiger partial charge in [-0.2, -0.15) is 0 Å². The summed E-state index contributed by atoms with van der Waals surface area (Å²) in [5.74, 6) is 3.34. The minimum Gasteiger partial charge on any atom is -0.353 e. The van der Waals surface area contributed by atoms with Gasteiger partial charge in [-0.15, -0.1) is 0 Å². The zero-order chi connectivity index (χ0) is 13.4. The van der Waals surface area contributed by atoms with Crippen LogP contribution in [-0.2, 0) is 0 Å². The highest BCUT2D eigenvalue weighted by molar-refractivity contribution is 9.10. The van der Waals surface area contributed by atoms with E-state index in [1.165, 1.54) is 32.1 Å². The third-order valence-electron chi connectivity index (χ3n) is 4.52. The first-order valence-corrected chi connectivity index (χ1v) is 8.25. The molecule has 0 radical (unpaired) electrons. The van der Waals surface area contributed by atoms with Crippen LogP contribution in [0.1, 0.15) is 57.7 Å². The van der Waals surface area contributed by atoms with E-state index in [1.807, 2.05) is 0 Å². The Bertz CT molecular complexity index is 461. The molecule has 0 bridgehead atoms. The third-order valence-corrected chi connectivity index (χ3v) is 4.93. The summed E-state index contributed by atoms with van der Waals surface area (Å²) in [4.78, 5) is 11.8. The maximum Gasteiger partial charge on any atom is 0.134 e. The van der Waals surface area contributed by atoms with Gasteiger partial charge in [-0.1, -0.05) is 26.7 Å². The van der Waals surface area contributed by atoms with Crippen LogP contribution in [0.15, 0.2) is 10.7 Å². The predicted molar refractivity (Wildman–Crippen MR) is 81.5 cm³/mol. The zero-order valence-electron chi connectivity index (χ0n) is 11.8. The number of fused-ring (bicyclic) bond motifs is 1.